The molecule has 0 unspecified atom stereocenters. The number of aromatic nitrogens is 1. The van der Waals surface area contributed by atoms with E-state index >= 15 is 0 Å². The van der Waals surface area contributed by atoms with E-state index in [1.165, 1.54) is 23.0 Å². The molecule has 0 radical (unpaired) electrons. The molecule has 1 aliphatic heterocycles. The summed E-state index contributed by atoms with van der Waals surface area (Å²) in [4.78, 5) is 31.0. The maximum Gasteiger partial charge on any atom is 0.338 e. The molecule has 30 heavy (non-hydrogen) atoms. The largest absolute Gasteiger partial charge is 0.466 e. The van der Waals surface area contributed by atoms with E-state index in [0.29, 0.717) is 30.6 Å². The maximum atomic E-state index is 13.4. The molecule has 0 saturated carbocycles. The molecule has 1 aliphatic rings. The van der Waals surface area contributed by atoms with Crippen molar-refractivity contribution in [2.24, 2.45) is 4.99 Å². The summed E-state index contributed by atoms with van der Waals surface area (Å²) in [5.41, 5.74) is 2.19. The van der Waals surface area contributed by atoms with Gasteiger partial charge in [0.25, 0.3) is 5.56 Å². The van der Waals surface area contributed by atoms with Crippen LogP contribution in [0.3, 0.4) is 0 Å². The lowest BCUT2D eigenvalue weighted by Crippen LogP contribution is -2.39. The van der Waals surface area contributed by atoms with E-state index in [0.717, 1.165) is 11.1 Å². The minimum Gasteiger partial charge on any atom is -0.466 e. The predicted molar refractivity (Wildman–Crippen MR) is 119 cm³/mol. The zero-order valence-electron chi connectivity index (χ0n) is 16.1. The van der Waals surface area contributed by atoms with E-state index in [1.54, 1.807) is 49.4 Å². The third-order valence-corrected chi connectivity index (χ3v) is 6.27. The van der Waals surface area contributed by atoms with Gasteiger partial charge in [-0.15, -0.1) is 0 Å². The van der Waals surface area contributed by atoms with Crippen LogP contribution >= 0.6 is 34.5 Å². The summed E-state index contributed by atoms with van der Waals surface area (Å²) in [7, 11) is 1.31. The van der Waals surface area contributed by atoms with E-state index in [9.17, 15) is 9.59 Å². The Balaban J connectivity index is 1.96. The van der Waals surface area contributed by atoms with Gasteiger partial charge in [0.1, 0.15) is 0 Å². The van der Waals surface area contributed by atoms with Gasteiger partial charge < -0.3 is 4.74 Å². The Morgan fingerprint density at radius 3 is 2.30 bits per heavy atom. The summed E-state index contributed by atoms with van der Waals surface area (Å²) >= 11 is 13.3. The lowest BCUT2D eigenvalue weighted by molar-refractivity contribution is -0.136. The van der Waals surface area contributed by atoms with Crippen LogP contribution in [0.25, 0.3) is 6.08 Å². The molecule has 2 heterocycles. The van der Waals surface area contributed by atoms with Crippen molar-refractivity contribution in [1.29, 1.82) is 0 Å². The zero-order valence-corrected chi connectivity index (χ0v) is 18.4. The van der Waals surface area contributed by atoms with Crippen LogP contribution in [0.1, 0.15) is 24.1 Å². The van der Waals surface area contributed by atoms with Gasteiger partial charge in [-0.25, -0.2) is 9.79 Å². The minimum atomic E-state index is -0.654. The fourth-order valence-corrected chi connectivity index (χ4v) is 4.66. The molecule has 4 rings (SSSR count). The van der Waals surface area contributed by atoms with Crippen LogP contribution in [0.15, 0.2) is 69.6 Å². The third kappa shape index (κ3) is 3.74. The van der Waals surface area contributed by atoms with Crippen LogP contribution in [-0.2, 0) is 9.53 Å². The van der Waals surface area contributed by atoms with Crippen LogP contribution in [0.2, 0.25) is 10.0 Å². The van der Waals surface area contributed by atoms with Crippen molar-refractivity contribution in [3.05, 3.63) is 101 Å². The van der Waals surface area contributed by atoms with Crippen molar-refractivity contribution < 1.29 is 9.53 Å². The first-order valence-corrected chi connectivity index (χ1v) is 10.6. The second kappa shape index (κ2) is 8.22. The summed E-state index contributed by atoms with van der Waals surface area (Å²) in [6, 6.07) is 13.6. The zero-order chi connectivity index (χ0) is 21.4. The molecular weight excluding hydrogens is 443 g/mol. The molecule has 0 saturated heterocycles. The van der Waals surface area contributed by atoms with Crippen molar-refractivity contribution in [1.82, 2.24) is 4.57 Å². The minimum absolute atomic E-state index is 0.234. The third-order valence-electron chi connectivity index (χ3n) is 4.78. The van der Waals surface area contributed by atoms with Gasteiger partial charge in [-0.3, -0.25) is 9.36 Å². The van der Waals surface area contributed by atoms with Crippen molar-refractivity contribution in [2.75, 3.05) is 7.11 Å². The molecular formula is C22H16Cl2N2O3S. The first-order valence-electron chi connectivity index (χ1n) is 9.01. The van der Waals surface area contributed by atoms with Crippen LogP contribution in [0.4, 0.5) is 0 Å². The SMILES string of the molecule is COC(=O)C1=C(C)N=c2s/c(=C\c3ccc(Cl)cc3)c(=O)n2[C@H]1c1ccc(Cl)cc1. The Hall–Kier alpha value is -2.67. The number of thiazole rings is 1. The van der Waals surface area contributed by atoms with Gasteiger partial charge in [-0.2, -0.15) is 0 Å². The molecule has 0 bridgehead atoms. The number of nitrogens with zero attached hydrogens (tertiary/aromatic N) is 2. The quantitative estimate of drug-likeness (QED) is 0.561. The average molecular weight is 459 g/mol. The molecule has 1 aromatic heterocycles. The Labute approximate surface area is 186 Å². The van der Waals surface area contributed by atoms with Gasteiger partial charge in [0.15, 0.2) is 4.80 Å². The van der Waals surface area contributed by atoms with Crippen molar-refractivity contribution >= 4 is 46.6 Å². The van der Waals surface area contributed by atoms with E-state index in [4.69, 9.17) is 27.9 Å². The predicted octanol–water partition coefficient (Wildman–Crippen LogP) is 3.72. The Kier molecular flexibility index (Phi) is 5.64. The number of fused-ring (bicyclic) bond motifs is 1. The molecule has 0 aliphatic carbocycles. The van der Waals surface area contributed by atoms with E-state index in [1.807, 2.05) is 12.1 Å². The average Bonchev–Trinajstić information content (AvgIpc) is 3.03. The summed E-state index contributed by atoms with van der Waals surface area (Å²) in [6.07, 6.45) is 1.79. The molecule has 0 amide bonds. The van der Waals surface area contributed by atoms with Crippen LogP contribution in [0.5, 0.6) is 0 Å². The van der Waals surface area contributed by atoms with Crippen molar-refractivity contribution in [3.8, 4) is 0 Å². The fourth-order valence-electron chi connectivity index (χ4n) is 3.36. The van der Waals surface area contributed by atoms with Gasteiger partial charge in [0.05, 0.1) is 29.0 Å². The van der Waals surface area contributed by atoms with Crippen LogP contribution in [-0.4, -0.2) is 17.6 Å². The highest BCUT2D eigenvalue weighted by atomic mass is 35.5. The summed E-state index contributed by atoms with van der Waals surface area (Å²) in [5.74, 6) is -0.525. The van der Waals surface area contributed by atoms with E-state index < -0.39 is 12.0 Å². The first-order chi connectivity index (χ1) is 14.4. The number of ether oxygens (including phenoxy) is 1. The number of carbonyl (C=O) groups is 1. The van der Waals surface area contributed by atoms with E-state index in [2.05, 4.69) is 4.99 Å². The monoisotopic (exact) mass is 458 g/mol. The highest BCUT2D eigenvalue weighted by molar-refractivity contribution is 7.07. The van der Waals surface area contributed by atoms with Crippen molar-refractivity contribution in [3.63, 3.8) is 0 Å². The molecule has 5 nitrogen and oxygen atoms in total. The molecule has 0 spiro atoms. The number of hydrogen-bond donors (Lipinski definition) is 0. The van der Waals surface area contributed by atoms with Crippen LogP contribution < -0.4 is 14.9 Å². The van der Waals surface area contributed by atoms with Gasteiger partial charge in [-0.05, 0) is 48.4 Å². The number of allylic oxidation sites excluding steroid dienone is 1. The standard InChI is InChI=1S/C22H16Cl2N2O3S/c1-12-18(21(28)29-2)19(14-5-9-16(24)10-6-14)26-20(27)17(30-22(26)25-12)11-13-3-7-15(23)8-4-13/h3-11,19H,1-2H3/b17-11-/t19-/m0/s1. The topological polar surface area (TPSA) is 60.7 Å². The first kappa shape index (κ1) is 20.6. The highest BCUT2D eigenvalue weighted by Gasteiger charge is 2.32. The number of benzene rings is 2. The Morgan fingerprint density at radius 1 is 1.10 bits per heavy atom. The van der Waals surface area contributed by atoms with Crippen LogP contribution in [0, 0.1) is 0 Å². The van der Waals surface area contributed by atoms with E-state index in [-0.39, 0.29) is 5.56 Å². The number of halogens is 2. The van der Waals surface area contributed by atoms with Gasteiger partial charge in [-0.1, -0.05) is 58.8 Å². The molecule has 152 valence electrons. The molecule has 2 aromatic carbocycles. The summed E-state index contributed by atoms with van der Waals surface area (Å²) in [6.45, 7) is 1.74. The van der Waals surface area contributed by atoms with Crippen molar-refractivity contribution in [2.45, 2.75) is 13.0 Å². The second-order valence-corrected chi connectivity index (χ2v) is 8.56. The summed E-state index contributed by atoms with van der Waals surface area (Å²) in [5, 5.41) is 1.18. The highest BCUT2D eigenvalue weighted by Crippen LogP contribution is 2.31. The lowest BCUT2D eigenvalue weighted by Gasteiger charge is -2.24. The smallest absolute Gasteiger partial charge is 0.338 e. The fraction of sp³-hybridized carbons (Fsp3) is 0.136. The Bertz CT molecular complexity index is 1340. The molecule has 0 fully saturated rings. The molecule has 0 N–H and O–H groups in total. The number of carbonyl (C=O) groups excluding carboxylic acids is 1. The molecule has 1 atom stereocenters. The van der Waals surface area contributed by atoms with Gasteiger partial charge in [0, 0.05) is 10.0 Å². The summed E-state index contributed by atoms with van der Waals surface area (Å²) < 4.78 is 7.03. The maximum absolute atomic E-state index is 13.4. The molecule has 3 aromatic rings. The normalized spacial score (nSPS) is 16.3. The van der Waals surface area contributed by atoms with Gasteiger partial charge >= 0.3 is 5.97 Å². The number of esters is 1. The number of rotatable bonds is 3. The van der Waals surface area contributed by atoms with Gasteiger partial charge in [0.2, 0.25) is 0 Å². The second-order valence-electron chi connectivity index (χ2n) is 6.68. The molecule has 8 heteroatoms. The number of hydrogen-bond acceptors (Lipinski definition) is 5. The number of methoxy groups -OCH3 is 1. The Morgan fingerprint density at radius 2 is 1.70 bits per heavy atom. The lowest BCUT2D eigenvalue weighted by atomic mass is 9.96.